The molecule has 3 aromatic rings. The van der Waals surface area contributed by atoms with Crippen LogP contribution in [0.25, 0.3) is 22.4 Å². The lowest BCUT2D eigenvalue weighted by molar-refractivity contribution is 0.354. The number of nitrogens with two attached hydrogens (primary N) is 1. The van der Waals surface area contributed by atoms with E-state index in [9.17, 15) is 0 Å². The molecule has 0 aliphatic carbocycles. The first kappa shape index (κ1) is 16.9. The zero-order valence-corrected chi connectivity index (χ0v) is 15.9. The fourth-order valence-electron chi connectivity index (χ4n) is 3.94. The van der Waals surface area contributed by atoms with E-state index < -0.39 is 0 Å². The van der Waals surface area contributed by atoms with E-state index in [0.29, 0.717) is 5.02 Å². The Balaban J connectivity index is 1.97. The van der Waals surface area contributed by atoms with Crippen molar-refractivity contribution >= 4 is 17.4 Å². The molecule has 4 rings (SSSR count). The molecule has 134 valence electrons. The molecule has 0 bridgehead atoms. The van der Waals surface area contributed by atoms with Crippen molar-refractivity contribution in [1.29, 1.82) is 0 Å². The molecular formula is C21H21ClN2O2. The molecule has 1 aromatic heterocycles. The van der Waals surface area contributed by atoms with Crippen LogP contribution in [-0.2, 0) is 13.0 Å². The minimum Gasteiger partial charge on any atom is -0.493 e. The summed E-state index contributed by atoms with van der Waals surface area (Å²) in [5.41, 5.74) is 13.3. The monoisotopic (exact) mass is 368 g/mol. The first-order chi connectivity index (χ1) is 12.5. The van der Waals surface area contributed by atoms with Crippen molar-refractivity contribution in [2.45, 2.75) is 19.9 Å². The van der Waals surface area contributed by atoms with Gasteiger partial charge in [0, 0.05) is 22.7 Å². The lowest BCUT2D eigenvalue weighted by atomic mass is 9.94. The lowest BCUT2D eigenvalue weighted by Gasteiger charge is -2.23. The Morgan fingerprint density at radius 1 is 1.08 bits per heavy atom. The van der Waals surface area contributed by atoms with Crippen LogP contribution in [0.2, 0.25) is 5.02 Å². The number of hydrogen-bond donors (Lipinski definition) is 1. The molecule has 4 nitrogen and oxygen atoms in total. The van der Waals surface area contributed by atoms with Crippen LogP contribution in [0.4, 0.5) is 5.82 Å². The number of anilines is 1. The summed E-state index contributed by atoms with van der Waals surface area (Å²) in [6.45, 7) is 2.95. The van der Waals surface area contributed by atoms with Crippen molar-refractivity contribution < 1.29 is 9.47 Å². The standard InChI is InChI=1S/C21H21ClN2O2/c1-12-19(14-5-4-6-15(22)9-14)21(23)24-8-7-13-10-17(25-2)18(26-3)11-16(13)20(12)24/h4-6,9-11H,7-8,23H2,1-3H3. The molecule has 2 aromatic carbocycles. The molecule has 0 atom stereocenters. The fourth-order valence-corrected chi connectivity index (χ4v) is 4.13. The number of fused-ring (bicyclic) bond motifs is 3. The van der Waals surface area contributed by atoms with E-state index >= 15 is 0 Å². The molecule has 0 spiro atoms. The number of hydrogen-bond acceptors (Lipinski definition) is 3. The second-order valence-corrected chi connectivity index (χ2v) is 6.95. The van der Waals surface area contributed by atoms with E-state index in [2.05, 4.69) is 17.6 Å². The van der Waals surface area contributed by atoms with Crippen LogP contribution >= 0.6 is 11.6 Å². The Bertz CT molecular complexity index is 1010. The van der Waals surface area contributed by atoms with Crippen molar-refractivity contribution in [3.63, 3.8) is 0 Å². The molecule has 0 saturated heterocycles. The lowest BCUT2D eigenvalue weighted by Crippen LogP contribution is -2.13. The van der Waals surface area contributed by atoms with Crippen molar-refractivity contribution in [2.24, 2.45) is 0 Å². The highest BCUT2D eigenvalue weighted by atomic mass is 35.5. The van der Waals surface area contributed by atoms with Crippen molar-refractivity contribution in [3.05, 3.63) is 52.5 Å². The Hall–Kier alpha value is -2.59. The van der Waals surface area contributed by atoms with E-state index in [1.165, 1.54) is 5.56 Å². The average Bonchev–Trinajstić information content (AvgIpc) is 2.91. The molecule has 0 saturated carbocycles. The van der Waals surface area contributed by atoms with E-state index in [1.807, 2.05) is 30.3 Å². The van der Waals surface area contributed by atoms with Gasteiger partial charge in [-0.3, -0.25) is 0 Å². The number of ether oxygens (including phenoxy) is 2. The molecule has 2 N–H and O–H groups in total. The third kappa shape index (κ3) is 2.44. The van der Waals surface area contributed by atoms with Gasteiger partial charge in [0.15, 0.2) is 11.5 Å². The van der Waals surface area contributed by atoms with Crippen LogP contribution in [0.3, 0.4) is 0 Å². The first-order valence-electron chi connectivity index (χ1n) is 8.55. The fraction of sp³-hybridized carbons (Fsp3) is 0.238. The highest BCUT2D eigenvalue weighted by molar-refractivity contribution is 6.30. The number of halogens is 1. The normalized spacial score (nSPS) is 12.5. The van der Waals surface area contributed by atoms with Crippen LogP contribution in [0.1, 0.15) is 11.1 Å². The van der Waals surface area contributed by atoms with Gasteiger partial charge in [0.1, 0.15) is 5.82 Å². The van der Waals surface area contributed by atoms with Gasteiger partial charge >= 0.3 is 0 Å². The second-order valence-electron chi connectivity index (χ2n) is 6.51. The number of aryl methyl sites for hydroxylation is 1. The van der Waals surface area contributed by atoms with Crippen molar-refractivity contribution in [3.8, 4) is 33.9 Å². The summed E-state index contributed by atoms with van der Waals surface area (Å²) in [6, 6.07) is 12.0. The first-order valence-corrected chi connectivity index (χ1v) is 8.92. The Morgan fingerprint density at radius 2 is 1.81 bits per heavy atom. The summed E-state index contributed by atoms with van der Waals surface area (Å²) in [5.74, 6) is 2.26. The maximum atomic E-state index is 6.55. The summed E-state index contributed by atoms with van der Waals surface area (Å²) < 4.78 is 13.2. The smallest absolute Gasteiger partial charge is 0.161 e. The highest BCUT2D eigenvalue weighted by Gasteiger charge is 2.27. The minimum absolute atomic E-state index is 0.706. The topological polar surface area (TPSA) is 49.4 Å². The minimum atomic E-state index is 0.706. The molecule has 0 fully saturated rings. The Kier molecular flexibility index (Phi) is 4.08. The number of nitrogen functional groups attached to an aromatic ring is 1. The van der Waals surface area contributed by atoms with Gasteiger partial charge in [-0.25, -0.2) is 0 Å². The van der Waals surface area contributed by atoms with Gasteiger partial charge in [0.25, 0.3) is 0 Å². The predicted molar refractivity (Wildman–Crippen MR) is 106 cm³/mol. The van der Waals surface area contributed by atoms with E-state index in [4.69, 9.17) is 26.8 Å². The summed E-state index contributed by atoms with van der Waals surface area (Å²) in [7, 11) is 3.32. The third-order valence-corrected chi connectivity index (χ3v) is 5.36. The van der Waals surface area contributed by atoms with E-state index in [1.54, 1.807) is 14.2 Å². The van der Waals surface area contributed by atoms with Gasteiger partial charge in [-0.1, -0.05) is 23.7 Å². The van der Waals surface area contributed by atoms with E-state index in [-0.39, 0.29) is 0 Å². The van der Waals surface area contributed by atoms with Gasteiger partial charge in [0.2, 0.25) is 0 Å². The molecule has 0 amide bonds. The highest BCUT2D eigenvalue weighted by Crippen LogP contribution is 2.46. The third-order valence-electron chi connectivity index (χ3n) is 5.13. The van der Waals surface area contributed by atoms with E-state index in [0.717, 1.165) is 58.2 Å². The molecule has 1 aliphatic heterocycles. The zero-order valence-electron chi connectivity index (χ0n) is 15.1. The van der Waals surface area contributed by atoms with Crippen molar-refractivity contribution in [1.82, 2.24) is 4.57 Å². The second kappa shape index (κ2) is 6.29. The van der Waals surface area contributed by atoms with Crippen LogP contribution in [0, 0.1) is 6.92 Å². The quantitative estimate of drug-likeness (QED) is 0.712. The summed E-state index contributed by atoms with van der Waals surface area (Å²) in [5, 5.41) is 0.706. The molecule has 2 heterocycles. The Morgan fingerprint density at radius 3 is 2.50 bits per heavy atom. The van der Waals surface area contributed by atoms with Crippen LogP contribution in [0.5, 0.6) is 11.5 Å². The largest absolute Gasteiger partial charge is 0.493 e. The van der Waals surface area contributed by atoms with Crippen molar-refractivity contribution in [2.75, 3.05) is 20.0 Å². The van der Waals surface area contributed by atoms with Crippen LogP contribution in [-0.4, -0.2) is 18.8 Å². The number of benzene rings is 2. The number of rotatable bonds is 3. The average molecular weight is 369 g/mol. The summed E-state index contributed by atoms with van der Waals surface area (Å²) in [6.07, 6.45) is 0.899. The summed E-state index contributed by atoms with van der Waals surface area (Å²) >= 11 is 6.20. The molecule has 0 unspecified atom stereocenters. The van der Waals surface area contributed by atoms with Gasteiger partial charge in [-0.2, -0.15) is 0 Å². The summed E-state index contributed by atoms with van der Waals surface area (Å²) in [4.78, 5) is 0. The molecule has 0 radical (unpaired) electrons. The van der Waals surface area contributed by atoms with Gasteiger partial charge in [-0.05, 0) is 54.3 Å². The SMILES string of the molecule is COc1cc2c(cc1OC)-c1c(C)c(-c3cccc(Cl)c3)c(N)n1CC2. The molecular weight excluding hydrogens is 348 g/mol. The molecule has 5 heteroatoms. The molecule has 1 aliphatic rings. The Labute approximate surface area is 158 Å². The van der Waals surface area contributed by atoms with Gasteiger partial charge < -0.3 is 19.8 Å². The maximum absolute atomic E-state index is 6.55. The molecule has 26 heavy (non-hydrogen) atoms. The predicted octanol–water partition coefficient (Wildman–Crippen LogP) is 4.94. The van der Waals surface area contributed by atoms with Crippen LogP contribution in [0.15, 0.2) is 36.4 Å². The number of aromatic nitrogens is 1. The number of nitrogens with zero attached hydrogens (tertiary/aromatic N) is 1. The van der Waals surface area contributed by atoms with Gasteiger partial charge in [-0.15, -0.1) is 0 Å². The van der Waals surface area contributed by atoms with Crippen LogP contribution < -0.4 is 15.2 Å². The van der Waals surface area contributed by atoms with Gasteiger partial charge in [0.05, 0.1) is 19.9 Å². The maximum Gasteiger partial charge on any atom is 0.161 e. The zero-order chi connectivity index (χ0) is 18.4. The number of methoxy groups -OCH3 is 2.